The number of aromatic nitrogens is 24. The summed E-state index contributed by atoms with van der Waals surface area (Å²) in [5, 5.41) is 36.5. The Bertz CT molecular complexity index is 7820. The number of thiophene rings is 1. The van der Waals surface area contributed by atoms with Gasteiger partial charge in [-0.25, -0.2) is 64.5 Å². The van der Waals surface area contributed by atoms with Crippen LogP contribution < -0.4 is 37.1 Å². The highest BCUT2D eigenvalue weighted by molar-refractivity contribution is 7.20. The minimum atomic E-state index is -0.384. The van der Waals surface area contributed by atoms with Crippen molar-refractivity contribution in [2.75, 3.05) is 112 Å². The maximum atomic E-state index is 13.1. The SMILES string of the molecule is CC(C)c1nc(-c2nccs2)c2sccc2n1.COCCOc1ccc(N2CCN(CCn3ncc4c3nc(N)n3nc(-c5ccco5)nc43)CC2)cc1.Cc1ccc(C(=O)Nc2nc(-c3ccco3)c(C(=O)C3CCOCC3)s2)cn1.Cc1nc(-c2sc(NC(=O)C3CC3)nc2-c2ccccc2)no1.Cc1nc(N)c2nc(-n3nccn3)n(C)c2n1.Cc1ncc(C(=O)Nc2nc(-c3ccco3)c(C(=O)C3CCOCC3)s2)cn1. The molecular formula is C101H101N31O13S5. The molecule has 7 N–H and O–H groups in total. The van der Waals surface area contributed by atoms with E-state index in [9.17, 15) is 24.0 Å². The second kappa shape index (κ2) is 47.3. The molecule has 20 aromatic rings. The van der Waals surface area contributed by atoms with Crippen LogP contribution in [-0.4, -0.2) is 233 Å². The number of pyridine rings is 1. The van der Waals surface area contributed by atoms with E-state index in [0.29, 0.717) is 206 Å². The number of amides is 3. The number of imidazole rings is 1. The number of ketones is 2. The topological polar surface area (TPSA) is 546 Å². The van der Waals surface area contributed by atoms with E-state index in [2.05, 4.69) is 157 Å². The number of rotatable bonds is 26. The van der Waals surface area contributed by atoms with Gasteiger partial charge in [0.1, 0.15) is 66.6 Å². The van der Waals surface area contributed by atoms with Crippen molar-refractivity contribution in [3.63, 3.8) is 0 Å². The van der Waals surface area contributed by atoms with Crippen molar-refractivity contribution in [1.29, 1.82) is 0 Å². The van der Waals surface area contributed by atoms with Gasteiger partial charge in [0.05, 0.1) is 83.0 Å². The molecule has 3 saturated heterocycles. The molecule has 768 valence electrons. The molecule has 0 radical (unpaired) electrons. The number of Topliss-reactive ketones (excluding diaryl/α,β-unsaturated/α-hetero) is 2. The Hall–Kier alpha value is -16.3. The Morgan fingerprint density at radius 3 is 1.77 bits per heavy atom. The van der Waals surface area contributed by atoms with Crippen LogP contribution in [-0.2, 0) is 32.6 Å². The van der Waals surface area contributed by atoms with Crippen LogP contribution in [0.3, 0.4) is 0 Å². The van der Waals surface area contributed by atoms with Gasteiger partial charge in [-0.3, -0.25) is 49.1 Å². The first-order valence-corrected chi connectivity index (χ1v) is 52.2. The average molecular weight is 2120 g/mol. The number of nitrogens with two attached hydrogens (primary N) is 2. The second-order valence-electron chi connectivity index (χ2n) is 35.0. The van der Waals surface area contributed by atoms with Crippen molar-refractivity contribution in [2.45, 2.75) is 92.5 Å². The first kappa shape index (κ1) is 102. The third kappa shape index (κ3) is 24.4. The summed E-state index contributed by atoms with van der Waals surface area (Å²) in [6, 6.07) is 34.2. The molecule has 4 aliphatic rings. The molecular weight excluding hydrogens is 2020 g/mol. The molecule has 0 unspecified atom stereocenters. The minimum Gasteiger partial charge on any atom is -0.491 e. The smallest absolute Gasteiger partial charge is 0.260 e. The van der Waals surface area contributed by atoms with E-state index in [1.165, 1.54) is 68.8 Å². The molecule has 0 bridgehead atoms. The van der Waals surface area contributed by atoms with E-state index in [0.717, 1.165) is 117 Å². The summed E-state index contributed by atoms with van der Waals surface area (Å²) < 4.78 is 49.2. The molecule has 1 aliphatic carbocycles. The number of anilines is 6. The quantitative estimate of drug-likeness (QED) is 0.0248. The largest absolute Gasteiger partial charge is 0.491 e. The van der Waals surface area contributed by atoms with Crippen LogP contribution in [0.25, 0.3) is 111 Å². The number of fused-ring (bicyclic) bond motifs is 5. The number of hydrogen-bond donors (Lipinski definition) is 5. The molecule has 49 heteroatoms. The lowest BCUT2D eigenvalue weighted by atomic mass is 9.94. The Balaban J connectivity index is 0.000000115. The zero-order valence-corrected chi connectivity index (χ0v) is 86.6. The maximum Gasteiger partial charge on any atom is 0.260 e. The Morgan fingerprint density at radius 1 is 0.533 bits per heavy atom. The van der Waals surface area contributed by atoms with Crippen LogP contribution in [0.1, 0.15) is 127 Å². The zero-order chi connectivity index (χ0) is 104. The summed E-state index contributed by atoms with van der Waals surface area (Å²) in [5.41, 5.74) is 22.0. The van der Waals surface area contributed by atoms with Crippen LogP contribution in [0.5, 0.6) is 5.75 Å². The predicted octanol–water partition coefficient (Wildman–Crippen LogP) is 16.8. The van der Waals surface area contributed by atoms with Gasteiger partial charge in [-0.2, -0.15) is 29.8 Å². The van der Waals surface area contributed by atoms with Crippen molar-refractivity contribution in [3.8, 4) is 78.9 Å². The fourth-order valence-electron chi connectivity index (χ4n) is 16.1. The normalized spacial score (nSPS) is 13.8. The Kier molecular flexibility index (Phi) is 32.2. The van der Waals surface area contributed by atoms with Gasteiger partial charge in [0, 0.05) is 151 Å². The highest BCUT2D eigenvalue weighted by atomic mass is 32.1. The number of furan rings is 3. The number of carbonyl (C=O) groups excluding carboxylic acids is 5. The lowest BCUT2D eigenvalue weighted by molar-refractivity contribution is -0.117. The van der Waals surface area contributed by atoms with Crippen LogP contribution in [0.2, 0.25) is 0 Å². The first-order chi connectivity index (χ1) is 73.0. The van der Waals surface area contributed by atoms with Gasteiger partial charge in [-0.1, -0.05) is 83.3 Å². The molecule has 3 amide bonds. The monoisotopic (exact) mass is 2120 g/mol. The minimum absolute atomic E-state index is 0.00590. The molecule has 2 aromatic carbocycles. The van der Waals surface area contributed by atoms with Crippen LogP contribution >= 0.6 is 56.7 Å². The molecule has 44 nitrogen and oxygen atoms in total. The maximum absolute atomic E-state index is 13.1. The summed E-state index contributed by atoms with van der Waals surface area (Å²) in [6.45, 7) is 20.2. The standard InChI is InChI=1S/C25H29N9O3.C20H19N3O4S.C19H18N4O4S.C16H14N4O2S.C12H11N3S2.C9H10N8/c1-35-15-16-36-19-6-4-18(5-7-19)32-11-8-31(9-12-32)10-13-33-23-20(17-27-33)24-28-22(21-3-2-14-37-21)30-34(24)25(26)29-23;1-12-4-5-14(11-21-12)19(25)23-20-22-16(15-3-2-8-27-15)18(28-20)17(24)13-6-9-26-10-7-13;1-11-20-9-13(10-21-11)18(25)23-19-22-15(14-3-2-6-27-14)17(28-19)16(24)12-4-7-26-8-5-12;1-9-17-14(20-22-9)13-12(10-5-3-2-4-6-10)18-16(23-13)19-15(21)11-7-8-11;1-7(2)11-14-8-3-5-16-10(8)9(15-11)12-13-4-6-17-12;1-5-13-7(10)6-8(14-5)16(2)9(15-6)17-11-3-4-12-17/h2-7,14,17H,8-13,15-16H2,1H3,(H2,26,29);2-5,8,11,13H,6-7,9-10H2,1H3,(H,22,23,25);2-3,6,9-10,12H,4-5,7-8H2,1H3,(H,22,23,25);2-6,11H,7-8H2,1H3,(H,18,19,21);3-7H,1-2H3;3-4H,1-2H3,(H2,10,13,14). The summed E-state index contributed by atoms with van der Waals surface area (Å²) in [5.74, 6) is 6.74. The number of benzene rings is 2. The Labute approximate surface area is 875 Å². The van der Waals surface area contributed by atoms with Crippen molar-refractivity contribution < 1.29 is 60.7 Å². The van der Waals surface area contributed by atoms with Crippen molar-refractivity contribution in [2.24, 2.45) is 24.8 Å². The molecule has 150 heavy (non-hydrogen) atoms. The van der Waals surface area contributed by atoms with E-state index in [-0.39, 0.29) is 53.0 Å². The van der Waals surface area contributed by atoms with Crippen molar-refractivity contribution >= 4 is 157 Å². The van der Waals surface area contributed by atoms with E-state index in [1.54, 1.807) is 122 Å². The molecule has 0 spiro atoms. The van der Waals surface area contributed by atoms with E-state index >= 15 is 0 Å². The molecule has 18 aromatic heterocycles. The molecule has 1 saturated carbocycles. The van der Waals surface area contributed by atoms with Crippen LogP contribution in [0, 0.1) is 45.4 Å². The fraction of sp³-hybridized carbons (Fsp3) is 0.297. The molecule has 21 heterocycles. The highest BCUT2D eigenvalue weighted by Gasteiger charge is 2.35. The first-order valence-electron chi connectivity index (χ1n) is 48.0. The average Bonchev–Trinajstić information content (AvgIpc) is 1.59. The summed E-state index contributed by atoms with van der Waals surface area (Å²) in [7, 11) is 3.50. The van der Waals surface area contributed by atoms with Crippen LogP contribution in [0.15, 0.2) is 200 Å². The number of ether oxygens (including phenoxy) is 4. The number of nitrogens with zero attached hydrogens (tertiary/aromatic N) is 26. The number of carbonyl (C=O) groups is 5. The van der Waals surface area contributed by atoms with Gasteiger partial charge in [0.2, 0.25) is 29.4 Å². The van der Waals surface area contributed by atoms with Crippen molar-refractivity contribution in [3.05, 3.63) is 232 Å². The van der Waals surface area contributed by atoms with E-state index in [4.69, 9.17) is 48.2 Å². The zero-order valence-electron chi connectivity index (χ0n) is 82.5. The number of nitrogen functional groups attached to an aromatic ring is 2. The van der Waals surface area contributed by atoms with Crippen molar-refractivity contribution in [1.82, 2.24) is 124 Å². The number of aryl methyl sites for hydroxylation is 5. The van der Waals surface area contributed by atoms with Gasteiger partial charge < -0.3 is 58.4 Å². The second-order valence-corrected chi connectivity index (χ2v) is 39.8. The number of hydrogen-bond acceptors (Lipinski definition) is 42. The highest BCUT2D eigenvalue weighted by Crippen LogP contribution is 2.42. The number of piperazine rings is 1. The predicted molar refractivity (Wildman–Crippen MR) is 566 cm³/mol. The van der Waals surface area contributed by atoms with Crippen LogP contribution in [0.4, 0.5) is 32.8 Å². The third-order valence-electron chi connectivity index (χ3n) is 24.1. The number of nitrogens with one attached hydrogen (secondary N) is 3. The van der Waals surface area contributed by atoms with Gasteiger partial charge in [0.25, 0.3) is 17.8 Å². The molecule has 24 rings (SSSR count). The molecule has 0 atom stereocenters. The molecule has 4 fully saturated rings. The summed E-state index contributed by atoms with van der Waals surface area (Å²) in [4.78, 5) is 137. The van der Waals surface area contributed by atoms with E-state index in [1.807, 2.05) is 84.8 Å². The summed E-state index contributed by atoms with van der Waals surface area (Å²) >= 11 is 6.98. The van der Waals surface area contributed by atoms with Gasteiger partial charge in [-0.05, 0) is 144 Å². The van der Waals surface area contributed by atoms with Gasteiger partial charge in [0.15, 0.2) is 72.5 Å². The lowest BCUT2D eigenvalue weighted by Gasteiger charge is -2.36. The molecule has 3 aliphatic heterocycles. The lowest BCUT2D eigenvalue weighted by Crippen LogP contribution is -2.47. The van der Waals surface area contributed by atoms with Gasteiger partial charge in [-0.15, -0.1) is 32.6 Å². The Morgan fingerprint density at radius 2 is 1.17 bits per heavy atom. The number of methoxy groups -OCH3 is 1. The summed E-state index contributed by atoms with van der Waals surface area (Å²) in [6.07, 6.45) is 20.5. The van der Waals surface area contributed by atoms with E-state index < -0.39 is 0 Å². The fourth-order valence-corrected chi connectivity index (χ4v) is 20.5. The third-order valence-corrected chi connectivity index (χ3v) is 28.8. The van der Waals surface area contributed by atoms with Gasteiger partial charge >= 0.3 is 0 Å². The number of thiazole rings is 4.